The average molecular weight is 353 g/mol. The largest absolute Gasteiger partial charge is 0.496 e. The number of nitrogens with one attached hydrogen (secondary N) is 1. The molecule has 0 unspecified atom stereocenters. The van der Waals surface area contributed by atoms with Crippen molar-refractivity contribution in [1.29, 1.82) is 0 Å². The fourth-order valence-corrected chi connectivity index (χ4v) is 3.57. The lowest BCUT2D eigenvalue weighted by Gasteiger charge is -2.13. The SMILES string of the molecule is COc1cc(C)c(S(=O)(=O)NCCOc2cccc(F)c2)cc1C. The molecule has 7 heteroatoms. The number of aryl methyl sites for hydroxylation is 2. The highest BCUT2D eigenvalue weighted by molar-refractivity contribution is 7.89. The van der Waals surface area contributed by atoms with Gasteiger partial charge in [0, 0.05) is 12.6 Å². The van der Waals surface area contributed by atoms with Crippen molar-refractivity contribution in [3.8, 4) is 11.5 Å². The predicted molar refractivity (Wildman–Crippen MR) is 89.6 cm³/mol. The summed E-state index contributed by atoms with van der Waals surface area (Å²) in [4.78, 5) is 0.201. The van der Waals surface area contributed by atoms with Crippen LogP contribution in [0, 0.1) is 19.7 Å². The van der Waals surface area contributed by atoms with Gasteiger partial charge in [-0.2, -0.15) is 0 Å². The second-order valence-corrected chi connectivity index (χ2v) is 7.03. The predicted octanol–water partition coefficient (Wildman–Crippen LogP) is 2.81. The Kier molecular flexibility index (Phi) is 5.80. The van der Waals surface area contributed by atoms with Crippen LogP contribution < -0.4 is 14.2 Å². The first kappa shape index (κ1) is 18.2. The van der Waals surface area contributed by atoms with Gasteiger partial charge in [-0.15, -0.1) is 0 Å². The highest BCUT2D eigenvalue weighted by Crippen LogP contribution is 2.25. The van der Waals surface area contributed by atoms with Crippen molar-refractivity contribution in [3.05, 3.63) is 53.3 Å². The number of hydrogen-bond acceptors (Lipinski definition) is 4. The van der Waals surface area contributed by atoms with Gasteiger partial charge in [0.2, 0.25) is 10.0 Å². The molecule has 130 valence electrons. The fourth-order valence-electron chi connectivity index (χ4n) is 2.25. The van der Waals surface area contributed by atoms with Gasteiger partial charge in [0.1, 0.15) is 23.9 Å². The van der Waals surface area contributed by atoms with E-state index in [0.29, 0.717) is 17.1 Å². The van der Waals surface area contributed by atoms with E-state index in [1.54, 1.807) is 32.0 Å². The Morgan fingerprint density at radius 3 is 2.54 bits per heavy atom. The minimum Gasteiger partial charge on any atom is -0.496 e. The zero-order valence-electron chi connectivity index (χ0n) is 13.8. The summed E-state index contributed by atoms with van der Waals surface area (Å²) in [6.45, 7) is 3.66. The molecule has 0 aliphatic rings. The number of sulfonamides is 1. The molecule has 2 rings (SSSR count). The molecule has 0 amide bonds. The van der Waals surface area contributed by atoms with Gasteiger partial charge in [-0.1, -0.05) is 6.07 Å². The van der Waals surface area contributed by atoms with Crippen molar-refractivity contribution >= 4 is 10.0 Å². The number of benzene rings is 2. The third-order valence-corrected chi connectivity index (χ3v) is 5.04. The number of halogens is 1. The Morgan fingerprint density at radius 2 is 1.88 bits per heavy atom. The minimum absolute atomic E-state index is 0.0728. The maximum atomic E-state index is 13.0. The first-order valence-electron chi connectivity index (χ1n) is 7.37. The molecule has 0 bridgehead atoms. The summed E-state index contributed by atoms with van der Waals surface area (Å²) in [5, 5.41) is 0. The van der Waals surface area contributed by atoms with Crippen LogP contribution in [0.5, 0.6) is 11.5 Å². The van der Waals surface area contributed by atoms with E-state index in [-0.39, 0.29) is 18.0 Å². The van der Waals surface area contributed by atoms with Gasteiger partial charge < -0.3 is 9.47 Å². The van der Waals surface area contributed by atoms with Crippen LogP contribution in [0.2, 0.25) is 0 Å². The van der Waals surface area contributed by atoms with Crippen LogP contribution in [0.3, 0.4) is 0 Å². The standard InChI is InChI=1S/C17H20FNO4S/c1-12-10-17(13(2)9-16(12)22-3)24(20,21)19-7-8-23-15-6-4-5-14(18)11-15/h4-6,9-11,19H,7-8H2,1-3H3. The quantitative estimate of drug-likeness (QED) is 0.778. The first-order chi connectivity index (χ1) is 11.3. The van der Waals surface area contributed by atoms with Crippen molar-refractivity contribution in [2.45, 2.75) is 18.7 Å². The molecule has 0 saturated carbocycles. The molecule has 0 radical (unpaired) electrons. The van der Waals surface area contributed by atoms with Crippen molar-refractivity contribution in [2.75, 3.05) is 20.3 Å². The number of methoxy groups -OCH3 is 1. The van der Waals surface area contributed by atoms with Crippen molar-refractivity contribution in [3.63, 3.8) is 0 Å². The fraction of sp³-hybridized carbons (Fsp3) is 0.294. The maximum Gasteiger partial charge on any atom is 0.240 e. The third kappa shape index (κ3) is 4.46. The Balaban J connectivity index is 2.00. The Labute approximate surface area is 141 Å². The number of rotatable bonds is 7. The molecular weight excluding hydrogens is 333 g/mol. The van der Waals surface area contributed by atoms with Crippen LogP contribution >= 0.6 is 0 Å². The second kappa shape index (κ2) is 7.63. The Bertz CT molecular complexity index is 821. The highest BCUT2D eigenvalue weighted by Gasteiger charge is 2.18. The average Bonchev–Trinajstić information content (AvgIpc) is 2.53. The van der Waals surface area contributed by atoms with E-state index in [0.717, 1.165) is 5.56 Å². The monoisotopic (exact) mass is 353 g/mol. The van der Waals surface area contributed by atoms with Crippen molar-refractivity contribution in [1.82, 2.24) is 4.72 Å². The smallest absolute Gasteiger partial charge is 0.240 e. The molecule has 0 aliphatic heterocycles. The number of hydrogen-bond donors (Lipinski definition) is 1. The summed E-state index contributed by atoms with van der Waals surface area (Å²) >= 11 is 0. The maximum absolute atomic E-state index is 13.0. The second-order valence-electron chi connectivity index (χ2n) is 5.29. The van der Waals surface area contributed by atoms with Gasteiger partial charge in [-0.05, 0) is 49.2 Å². The van der Waals surface area contributed by atoms with E-state index in [4.69, 9.17) is 9.47 Å². The summed E-state index contributed by atoms with van der Waals surface area (Å²) in [6.07, 6.45) is 0. The Morgan fingerprint density at radius 1 is 1.12 bits per heavy atom. The lowest BCUT2D eigenvalue weighted by Crippen LogP contribution is -2.29. The van der Waals surface area contributed by atoms with Crippen LogP contribution in [0.4, 0.5) is 4.39 Å². The summed E-state index contributed by atoms with van der Waals surface area (Å²) < 4.78 is 50.8. The van der Waals surface area contributed by atoms with Gasteiger partial charge in [0.05, 0.1) is 12.0 Å². The first-order valence-corrected chi connectivity index (χ1v) is 8.85. The molecule has 0 aliphatic carbocycles. The molecule has 0 heterocycles. The topological polar surface area (TPSA) is 64.6 Å². The van der Waals surface area contributed by atoms with Gasteiger partial charge >= 0.3 is 0 Å². The Hall–Kier alpha value is -2.12. The lowest BCUT2D eigenvalue weighted by atomic mass is 10.1. The minimum atomic E-state index is -3.66. The van der Waals surface area contributed by atoms with E-state index < -0.39 is 15.8 Å². The molecule has 0 spiro atoms. The molecule has 2 aromatic carbocycles. The molecule has 2 aromatic rings. The summed E-state index contributed by atoms with van der Waals surface area (Å²) in [5.74, 6) is 0.587. The van der Waals surface area contributed by atoms with Gasteiger partial charge in [-0.3, -0.25) is 0 Å². The lowest BCUT2D eigenvalue weighted by molar-refractivity contribution is 0.321. The molecule has 24 heavy (non-hydrogen) atoms. The molecule has 0 saturated heterocycles. The van der Waals surface area contributed by atoms with Crippen LogP contribution in [0.15, 0.2) is 41.3 Å². The zero-order valence-corrected chi connectivity index (χ0v) is 14.6. The molecule has 0 aromatic heterocycles. The van der Waals surface area contributed by atoms with Crippen LogP contribution in [-0.4, -0.2) is 28.7 Å². The molecule has 1 N–H and O–H groups in total. The molecule has 5 nitrogen and oxygen atoms in total. The van der Waals surface area contributed by atoms with Crippen molar-refractivity contribution in [2.24, 2.45) is 0 Å². The van der Waals surface area contributed by atoms with E-state index in [9.17, 15) is 12.8 Å². The molecular formula is C17H20FNO4S. The summed E-state index contributed by atoms with van der Waals surface area (Å²) in [7, 11) is -2.12. The van der Waals surface area contributed by atoms with E-state index in [2.05, 4.69) is 4.72 Å². The molecule has 0 fully saturated rings. The highest BCUT2D eigenvalue weighted by atomic mass is 32.2. The van der Waals surface area contributed by atoms with Gasteiger partial charge in [0.15, 0.2) is 0 Å². The van der Waals surface area contributed by atoms with E-state index in [1.165, 1.54) is 25.3 Å². The summed E-state index contributed by atoms with van der Waals surface area (Å²) in [6, 6.07) is 8.94. The van der Waals surface area contributed by atoms with Gasteiger partial charge in [0.25, 0.3) is 0 Å². The van der Waals surface area contributed by atoms with E-state index >= 15 is 0 Å². The third-order valence-electron chi connectivity index (χ3n) is 3.44. The van der Waals surface area contributed by atoms with Gasteiger partial charge in [-0.25, -0.2) is 17.5 Å². The van der Waals surface area contributed by atoms with Crippen LogP contribution in [0.25, 0.3) is 0 Å². The normalized spacial score (nSPS) is 11.3. The van der Waals surface area contributed by atoms with Crippen LogP contribution in [-0.2, 0) is 10.0 Å². The van der Waals surface area contributed by atoms with Crippen LogP contribution in [0.1, 0.15) is 11.1 Å². The molecule has 0 atom stereocenters. The summed E-state index contributed by atoms with van der Waals surface area (Å²) in [5.41, 5.74) is 1.33. The van der Waals surface area contributed by atoms with E-state index in [1.807, 2.05) is 0 Å². The number of ether oxygens (including phenoxy) is 2. The zero-order chi connectivity index (χ0) is 17.7. The van der Waals surface area contributed by atoms with Crippen molar-refractivity contribution < 1.29 is 22.3 Å².